The number of thiophene rings is 1. The highest BCUT2D eigenvalue weighted by atomic mass is 79.9. The first-order valence-electron chi connectivity index (χ1n) is 5.04. The molecule has 3 heteroatoms. The highest BCUT2D eigenvalue weighted by Crippen LogP contribution is 2.37. The standard InChI is InChI=1S/C13H12BrClS/c1-8-3-4-10(7-9(8)2)13(14)11-5-6-12(15)16-11/h3-7,13H,1-2H3. The second-order valence-electron chi connectivity index (χ2n) is 3.85. The van der Waals surface area contributed by atoms with Gasteiger partial charge >= 0.3 is 0 Å². The minimum absolute atomic E-state index is 0.240. The van der Waals surface area contributed by atoms with Gasteiger partial charge in [0.15, 0.2) is 0 Å². The minimum Gasteiger partial charge on any atom is -0.127 e. The van der Waals surface area contributed by atoms with Crippen molar-refractivity contribution in [3.05, 3.63) is 56.2 Å². The molecule has 0 aliphatic rings. The monoisotopic (exact) mass is 314 g/mol. The second kappa shape index (κ2) is 4.91. The quantitative estimate of drug-likeness (QED) is 0.642. The van der Waals surface area contributed by atoms with E-state index in [0.717, 1.165) is 4.34 Å². The molecule has 84 valence electrons. The molecule has 0 N–H and O–H groups in total. The van der Waals surface area contributed by atoms with Gasteiger partial charge in [-0.1, -0.05) is 45.7 Å². The van der Waals surface area contributed by atoms with Gasteiger partial charge in [0.05, 0.1) is 9.16 Å². The SMILES string of the molecule is Cc1ccc(C(Br)c2ccc(Cl)s2)cc1C. The Morgan fingerprint density at radius 2 is 1.88 bits per heavy atom. The van der Waals surface area contributed by atoms with Crippen LogP contribution in [-0.2, 0) is 0 Å². The summed E-state index contributed by atoms with van der Waals surface area (Å²) in [7, 11) is 0. The molecule has 0 spiro atoms. The summed E-state index contributed by atoms with van der Waals surface area (Å²) in [6, 6.07) is 10.6. The smallest absolute Gasteiger partial charge is 0.0931 e. The lowest BCUT2D eigenvalue weighted by atomic mass is 10.0. The zero-order valence-corrected chi connectivity index (χ0v) is 12.3. The van der Waals surface area contributed by atoms with Crippen LogP contribution in [-0.4, -0.2) is 0 Å². The van der Waals surface area contributed by atoms with Gasteiger partial charge in [0.2, 0.25) is 0 Å². The second-order valence-corrected chi connectivity index (χ2v) is 6.51. The first-order chi connectivity index (χ1) is 7.58. The van der Waals surface area contributed by atoms with Crippen molar-refractivity contribution in [1.82, 2.24) is 0 Å². The summed E-state index contributed by atoms with van der Waals surface area (Å²) in [5.74, 6) is 0. The number of hydrogen-bond acceptors (Lipinski definition) is 1. The third-order valence-corrected chi connectivity index (χ3v) is 5.29. The van der Waals surface area contributed by atoms with Crippen molar-refractivity contribution >= 4 is 38.9 Å². The summed E-state index contributed by atoms with van der Waals surface area (Å²) in [5, 5.41) is 0. The number of aryl methyl sites for hydroxylation is 2. The van der Waals surface area contributed by atoms with Crippen LogP contribution in [0.5, 0.6) is 0 Å². The summed E-state index contributed by atoms with van der Waals surface area (Å²) in [6.45, 7) is 4.27. The van der Waals surface area contributed by atoms with Crippen LogP contribution >= 0.6 is 38.9 Å². The van der Waals surface area contributed by atoms with Crippen LogP contribution in [0, 0.1) is 13.8 Å². The molecular formula is C13H12BrClS. The van der Waals surface area contributed by atoms with Gasteiger partial charge in [-0.3, -0.25) is 0 Å². The highest BCUT2D eigenvalue weighted by molar-refractivity contribution is 9.09. The molecule has 2 aromatic rings. The average molecular weight is 316 g/mol. The van der Waals surface area contributed by atoms with Gasteiger partial charge in [0, 0.05) is 4.88 Å². The fraction of sp³-hybridized carbons (Fsp3) is 0.231. The lowest BCUT2D eigenvalue weighted by molar-refractivity contribution is 1.19. The Bertz CT molecular complexity index is 504. The molecule has 1 unspecified atom stereocenters. The van der Waals surface area contributed by atoms with E-state index in [1.807, 2.05) is 6.07 Å². The van der Waals surface area contributed by atoms with Crippen LogP contribution in [0.4, 0.5) is 0 Å². The molecular weight excluding hydrogens is 304 g/mol. The van der Waals surface area contributed by atoms with Gasteiger partial charge in [-0.05, 0) is 42.7 Å². The van der Waals surface area contributed by atoms with Crippen molar-refractivity contribution in [2.75, 3.05) is 0 Å². The van der Waals surface area contributed by atoms with Gasteiger partial charge in [0.1, 0.15) is 0 Å². The van der Waals surface area contributed by atoms with Gasteiger partial charge in [-0.15, -0.1) is 11.3 Å². The van der Waals surface area contributed by atoms with Crippen molar-refractivity contribution in [3.63, 3.8) is 0 Å². The molecule has 2 rings (SSSR count). The first-order valence-corrected chi connectivity index (χ1v) is 7.15. The fourth-order valence-electron chi connectivity index (χ4n) is 1.55. The zero-order chi connectivity index (χ0) is 11.7. The van der Waals surface area contributed by atoms with E-state index < -0.39 is 0 Å². The lowest BCUT2D eigenvalue weighted by Gasteiger charge is -2.10. The van der Waals surface area contributed by atoms with Gasteiger partial charge in [0.25, 0.3) is 0 Å². The summed E-state index contributed by atoms with van der Waals surface area (Å²) in [4.78, 5) is 1.48. The van der Waals surface area contributed by atoms with E-state index in [1.165, 1.54) is 21.6 Å². The third-order valence-electron chi connectivity index (χ3n) is 2.67. The highest BCUT2D eigenvalue weighted by Gasteiger charge is 2.12. The van der Waals surface area contributed by atoms with Crippen molar-refractivity contribution < 1.29 is 0 Å². The van der Waals surface area contributed by atoms with Crippen molar-refractivity contribution in [1.29, 1.82) is 0 Å². The Labute approximate surface area is 113 Å². The molecule has 1 atom stereocenters. The molecule has 1 aromatic carbocycles. The van der Waals surface area contributed by atoms with Crippen LogP contribution in [0.3, 0.4) is 0 Å². The number of hydrogen-bond donors (Lipinski definition) is 0. The Hall–Kier alpha value is -0.310. The summed E-state index contributed by atoms with van der Waals surface area (Å²) < 4.78 is 0.836. The minimum atomic E-state index is 0.240. The Morgan fingerprint density at radius 1 is 1.12 bits per heavy atom. The maximum Gasteiger partial charge on any atom is 0.0931 e. The van der Waals surface area contributed by atoms with E-state index in [-0.39, 0.29) is 4.83 Å². The van der Waals surface area contributed by atoms with E-state index in [0.29, 0.717) is 0 Å². The number of rotatable bonds is 2. The molecule has 16 heavy (non-hydrogen) atoms. The maximum absolute atomic E-state index is 5.95. The van der Waals surface area contributed by atoms with Gasteiger partial charge < -0.3 is 0 Å². The fourth-order valence-corrected chi connectivity index (χ4v) is 3.34. The molecule has 0 nitrogen and oxygen atoms in total. The molecule has 0 aliphatic heterocycles. The third kappa shape index (κ3) is 2.50. The Kier molecular flexibility index (Phi) is 3.73. The normalized spacial score (nSPS) is 12.8. The molecule has 1 aromatic heterocycles. The number of halogens is 2. The van der Waals surface area contributed by atoms with Crippen LogP contribution < -0.4 is 0 Å². The largest absolute Gasteiger partial charge is 0.127 e. The van der Waals surface area contributed by atoms with Crippen molar-refractivity contribution in [2.45, 2.75) is 18.7 Å². The Balaban J connectivity index is 2.33. The summed E-state index contributed by atoms with van der Waals surface area (Å²) >= 11 is 11.3. The van der Waals surface area contributed by atoms with Crippen LogP contribution in [0.15, 0.2) is 30.3 Å². The predicted octanol–water partition coefficient (Wildman–Crippen LogP) is 5.50. The van der Waals surface area contributed by atoms with Gasteiger partial charge in [-0.25, -0.2) is 0 Å². The van der Waals surface area contributed by atoms with E-state index in [2.05, 4.69) is 54.0 Å². The van der Waals surface area contributed by atoms with E-state index in [9.17, 15) is 0 Å². The van der Waals surface area contributed by atoms with Crippen molar-refractivity contribution in [2.24, 2.45) is 0 Å². The molecule has 0 bridgehead atoms. The summed E-state index contributed by atoms with van der Waals surface area (Å²) in [6.07, 6.45) is 0. The molecule has 0 saturated carbocycles. The molecule has 1 heterocycles. The number of benzene rings is 1. The average Bonchev–Trinajstić information content (AvgIpc) is 2.68. The molecule has 0 saturated heterocycles. The molecule has 0 aliphatic carbocycles. The molecule has 0 amide bonds. The van der Waals surface area contributed by atoms with Crippen LogP contribution in [0.2, 0.25) is 4.34 Å². The lowest BCUT2D eigenvalue weighted by Crippen LogP contribution is -1.91. The van der Waals surface area contributed by atoms with Crippen LogP contribution in [0.25, 0.3) is 0 Å². The summed E-state index contributed by atoms with van der Waals surface area (Å²) in [5.41, 5.74) is 3.93. The van der Waals surface area contributed by atoms with Crippen molar-refractivity contribution in [3.8, 4) is 0 Å². The van der Waals surface area contributed by atoms with Crippen LogP contribution in [0.1, 0.15) is 26.4 Å². The maximum atomic E-state index is 5.95. The van der Waals surface area contributed by atoms with E-state index >= 15 is 0 Å². The first kappa shape index (κ1) is 12.2. The van der Waals surface area contributed by atoms with E-state index in [4.69, 9.17) is 11.6 Å². The zero-order valence-electron chi connectivity index (χ0n) is 9.13. The van der Waals surface area contributed by atoms with Gasteiger partial charge in [-0.2, -0.15) is 0 Å². The molecule has 0 radical (unpaired) electrons. The topological polar surface area (TPSA) is 0 Å². The molecule has 0 fully saturated rings. The van der Waals surface area contributed by atoms with E-state index in [1.54, 1.807) is 11.3 Å². The Morgan fingerprint density at radius 3 is 2.44 bits per heavy atom. The predicted molar refractivity (Wildman–Crippen MR) is 76.0 cm³/mol. The number of alkyl halides is 1.